The van der Waals surface area contributed by atoms with Crippen LogP contribution in [0.4, 0.5) is 14.9 Å². The molecule has 3 fully saturated rings. The maximum atomic E-state index is 14.8. The predicted octanol–water partition coefficient (Wildman–Crippen LogP) is -0.0409. The quantitative estimate of drug-likeness (QED) is 0.414. The van der Waals surface area contributed by atoms with Gasteiger partial charge in [-0.2, -0.15) is 0 Å². The SMILES string of the molecule is NC(=O)OC1CCN(C(=O)CCN2CCN(c3ccc(C(=O)NC4CCC(=O)NC4=O)c(F)c3)CC2)CC1. The fourth-order valence-corrected chi connectivity index (χ4v) is 4.98. The number of anilines is 1. The molecule has 1 unspecified atom stereocenters. The third-order valence-electron chi connectivity index (χ3n) is 7.20. The van der Waals surface area contributed by atoms with Gasteiger partial charge in [0.05, 0.1) is 5.56 Å². The van der Waals surface area contributed by atoms with E-state index in [0.29, 0.717) is 70.8 Å². The Bertz CT molecular complexity index is 1080. The van der Waals surface area contributed by atoms with E-state index in [1.165, 1.54) is 12.1 Å². The normalized spacial score (nSPS) is 21.1. The Morgan fingerprint density at radius 2 is 1.76 bits per heavy atom. The van der Waals surface area contributed by atoms with E-state index in [1.54, 1.807) is 11.0 Å². The summed E-state index contributed by atoms with van der Waals surface area (Å²) in [6.07, 6.45) is 0.836. The maximum absolute atomic E-state index is 14.8. The number of benzene rings is 1. The third-order valence-corrected chi connectivity index (χ3v) is 7.20. The molecule has 0 saturated carbocycles. The Morgan fingerprint density at radius 3 is 2.39 bits per heavy atom. The summed E-state index contributed by atoms with van der Waals surface area (Å²) in [6, 6.07) is 3.51. The number of imide groups is 1. The highest BCUT2D eigenvalue weighted by Crippen LogP contribution is 2.21. The number of likely N-dealkylation sites (tertiary alicyclic amines) is 1. The first-order chi connectivity index (χ1) is 18.2. The molecule has 4 rings (SSSR count). The van der Waals surface area contributed by atoms with E-state index in [1.807, 2.05) is 4.90 Å². The molecule has 0 aliphatic carbocycles. The standard InChI is InChI=1S/C25H33FN6O6/c26-19-15-16(1-2-18(19)23(35)28-20-3-4-21(33)29-24(20)36)31-13-11-30(12-14-31)8-7-22(34)32-9-5-17(6-10-32)38-25(27)37/h1-2,15,17,20H,3-14H2,(H2,27,37)(H,28,35)(H,29,33,36). The van der Waals surface area contributed by atoms with Gasteiger partial charge in [0.15, 0.2) is 0 Å². The number of carbonyl (C=O) groups is 5. The van der Waals surface area contributed by atoms with Gasteiger partial charge in [0.2, 0.25) is 17.7 Å². The van der Waals surface area contributed by atoms with Crippen LogP contribution < -0.4 is 21.3 Å². The number of nitrogens with two attached hydrogens (primary N) is 1. The molecular formula is C25H33FN6O6. The third kappa shape index (κ3) is 6.97. The van der Waals surface area contributed by atoms with E-state index in [2.05, 4.69) is 15.5 Å². The van der Waals surface area contributed by atoms with Crippen molar-refractivity contribution in [3.8, 4) is 0 Å². The van der Waals surface area contributed by atoms with E-state index in [4.69, 9.17) is 10.5 Å². The van der Waals surface area contributed by atoms with E-state index in [-0.39, 0.29) is 30.4 Å². The van der Waals surface area contributed by atoms with Crippen LogP contribution in [0.1, 0.15) is 42.5 Å². The summed E-state index contributed by atoms with van der Waals surface area (Å²) >= 11 is 0. The number of halogens is 1. The second kappa shape index (κ2) is 12.2. The Hall–Kier alpha value is -3.74. The summed E-state index contributed by atoms with van der Waals surface area (Å²) in [5.74, 6) is -2.31. The zero-order valence-electron chi connectivity index (χ0n) is 21.1. The van der Waals surface area contributed by atoms with Gasteiger partial charge in [0.1, 0.15) is 18.0 Å². The molecule has 5 amide bonds. The van der Waals surface area contributed by atoms with Crippen molar-refractivity contribution in [2.75, 3.05) is 50.7 Å². The zero-order chi connectivity index (χ0) is 27.2. The van der Waals surface area contributed by atoms with Crippen molar-refractivity contribution in [2.45, 2.75) is 44.2 Å². The second-order valence-corrected chi connectivity index (χ2v) is 9.74. The number of rotatable bonds is 7. The molecule has 0 aromatic heterocycles. The van der Waals surface area contributed by atoms with Crippen molar-refractivity contribution in [1.82, 2.24) is 20.4 Å². The largest absolute Gasteiger partial charge is 0.446 e. The number of primary amides is 1. The smallest absolute Gasteiger partial charge is 0.404 e. The van der Waals surface area contributed by atoms with Gasteiger partial charge in [-0.15, -0.1) is 0 Å². The first-order valence-corrected chi connectivity index (χ1v) is 12.8. The highest BCUT2D eigenvalue weighted by Gasteiger charge is 2.29. The number of nitrogens with one attached hydrogen (secondary N) is 2. The fourth-order valence-electron chi connectivity index (χ4n) is 4.98. The first-order valence-electron chi connectivity index (χ1n) is 12.8. The van der Waals surface area contributed by atoms with Crippen LogP contribution in [0.5, 0.6) is 0 Å². The molecule has 3 aliphatic heterocycles. The molecule has 0 bridgehead atoms. The summed E-state index contributed by atoms with van der Waals surface area (Å²) < 4.78 is 19.8. The van der Waals surface area contributed by atoms with Gasteiger partial charge in [-0.05, 0) is 24.6 Å². The lowest BCUT2D eigenvalue weighted by Crippen LogP contribution is -2.52. The van der Waals surface area contributed by atoms with Crippen molar-refractivity contribution in [1.29, 1.82) is 0 Å². The van der Waals surface area contributed by atoms with Crippen molar-refractivity contribution in [2.24, 2.45) is 5.73 Å². The summed E-state index contributed by atoms with van der Waals surface area (Å²) in [5.41, 5.74) is 5.54. The number of hydrogen-bond acceptors (Lipinski definition) is 8. The Morgan fingerprint density at radius 1 is 1.05 bits per heavy atom. The molecule has 12 nitrogen and oxygen atoms in total. The van der Waals surface area contributed by atoms with Gasteiger partial charge in [0, 0.05) is 77.2 Å². The van der Waals surface area contributed by atoms with Crippen LogP contribution in [-0.4, -0.2) is 97.5 Å². The molecule has 1 atom stereocenters. The van der Waals surface area contributed by atoms with E-state index in [0.717, 1.165) is 0 Å². The second-order valence-electron chi connectivity index (χ2n) is 9.74. The minimum atomic E-state index is -0.873. The number of piperidine rings is 2. The number of ether oxygens (including phenoxy) is 1. The number of carbonyl (C=O) groups excluding carboxylic acids is 5. The maximum Gasteiger partial charge on any atom is 0.404 e. The lowest BCUT2D eigenvalue weighted by molar-refractivity contribution is -0.135. The molecule has 38 heavy (non-hydrogen) atoms. The molecule has 0 radical (unpaired) electrons. The van der Waals surface area contributed by atoms with Gasteiger partial charge < -0.3 is 25.6 Å². The van der Waals surface area contributed by atoms with Gasteiger partial charge in [-0.25, -0.2) is 9.18 Å². The van der Waals surface area contributed by atoms with E-state index < -0.39 is 35.7 Å². The van der Waals surface area contributed by atoms with Crippen molar-refractivity contribution < 1.29 is 33.1 Å². The Balaban J connectivity index is 1.20. The molecular weight excluding hydrogens is 499 g/mol. The minimum Gasteiger partial charge on any atom is -0.446 e. The van der Waals surface area contributed by atoms with Crippen molar-refractivity contribution >= 4 is 35.4 Å². The summed E-state index contributed by atoms with van der Waals surface area (Å²) in [5, 5.41) is 4.65. The van der Waals surface area contributed by atoms with Crippen LogP contribution in [-0.2, 0) is 19.1 Å². The summed E-state index contributed by atoms with van der Waals surface area (Å²) in [4.78, 5) is 65.1. The highest BCUT2D eigenvalue weighted by atomic mass is 19.1. The number of hydrogen-bond donors (Lipinski definition) is 3. The average molecular weight is 533 g/mol. The molecule has 3 saturated heterocycles. The number of amides is 5. The molecule has 13 heteroatoms. The van der Waals surface area contributed by atoms with Crippen molar-refractivity contribution in [3.63, 3.8) is 0 Å². The predicted molar refractivity (Wildman–Crippen MR) is 134 cm³/mol. The molecule has 4 N–H and O–H groups in total. The Labute approximate surface area is 219 Å². The average Bonchev–Trinajstić information content (AvgIpc) is 2.89. The molecule has 1 aromatic carbocycles. The summed E-state index contributed by atoms with van der Waals surface area (Å²) in [7, 11) is 0. The number of piperazine rings is 1. The molecule has 0 spiro atoms. The molecule has 206 valence electrons. The van der Waals surface area contributed by atoms with Crippen LogP contribution in [0.15, 0.2) is 18.2 Å². The monoisotopic (exact) mass is 532 g/mol. The van der Waals surface area contributed by atoms with Crippen LogP contribution in [0.25, 0.3) is 0 Å². The van der Waals surface area contributed by atoms with Crippen LogP contribution in [0, 0.1) is 5.82 Å². The molecule has 1 aromatic rings. The van der Waals surface area contributed by atoms with Crippen molar-refractivity contribution in [3.05, 3.63) is 29.6 Å². The number of nitrogens with zero attached hydrogens (tertiary/aromatic N) is 3. The lowest BCUT2D eigenvalue weighted by atomic mass is 10.1. The van der Waals surface area contributed by atoms with Crippen LogP contribution in [0.2, 0.25) is 0 Å². The zero-order valence-corrected chi connectivity index (χ0v) is 21.1. The van der Waals surface area contributed by atoms with E-state index in [9.17, 15) is 28.4 Å². The van der Waals surface area contributed by atoms with Gasteiger partial charge in [-0.3, -0.25) is 29.4 Å². The van der Waals surface area contributed by atoms with Gasteiger partial charge in [0.25, 0.3) is 5.91 Å². The lowest BCUT2D eigenvalue weighted by Gasteiger charge is -2.37. The Kier molecular flexibility index (Phi) is 8.77. The first kappa shape index (κ1) is 27.3. The molecule has 3 aliphatic rings. The highest BCUT2D eigenvalue weighted by molar-refractivity contribution is 6.03. The van der Waals surface area contributed by atoms with Gasteiger partial charge >= 0.3 is 6.09 Å². The van der Waals surface area contributed by atoms with Crippen LogP contribution >= 0.6 is 0 Å². The molecule has 3 heterocycles. The van der Waals surface area contributed by atoms with Crippen LogP contribution in [0.3, 0.4) is 0 Å². The fraction of sp³-hybridized carbons (Fsp3) is 0.560. The summed E-state index contributed by atoms with van der Waals surface area (Å²) in [6.45, 7) is 4.41. The van der Waals surface area contributed by atoms with Gasteiger partial charge in [-0.1, -0.05) is 0 Å². The van der Waals surface area contributed by atoms with E-state index >= 15 is 0 Å². The minimum absolute atomic E-state index is 0.0678. The topological polar surface area (TPSA) is 154 Å².